The molecule has 0 radical (unpaired) electrons. The summed E-state index contributed by atoms with van der Waals surface area (Å²) in [4.78, 5) is 25.9. The van der Waals surface area contributed by atoms with Crippen LogP contribution in [-0.2, 0) is 14.1 Å². The first kappa shape index (κ1) is 19.8. The van der Waals surface area contributed by atoms with Gasteiger partial charge in [0.15, 0.2) is 0 Å². The molecule has 0 aliphatic heterocycles. The molecule has 0 aliphatic rings. The quantitative estimate of drug-likeness (QED) is 0.436. The van der Waals surface area contributed by atoms with Gasteiger partial charge in [-0.25, -0.2) is 4.79 Å². The maximum Gasteiger partial charge on any atom is 0.328 e. The number of amides is 1. The number of thioether (sulfide) groups is 1. The Balaban J connectivity index is 2.01. The summed E-state index contributed by atoms with van der Waals surface area (Å²) in [7, 11) is 3.51. The molecule has 2 aromatic carbocycles. The van der Waals surface area contributed by atoms with E-state index in [-0.39, 0.29) is 11.6 Å². The maximum absolute atomic E-state index is 12.7. The number of nitrogens with one attached hydrogen (secondary N) is 1. The minimum absolute atomic E-state index is 0.0779. The van der Waals surface area contributed by atoms with E-state index in [1.165, 1.54) is 0 Å². The summed E-state index contributed by atoms with van der Waals surface area (Å²) >= 11 is 5.09. The van der Waals surface area contributed by atoms with Gasteiger partial charge in [0.25, 0.3) is 5.91 Å². The molecule has 0 aliphatic carbocycles. The van der Waals surface area contributed by atoms with E-state index in [2.05, 4.69) is 28.2 Å². The van der Waals surface area contributed by atoms with E-state index in [9.17, 15) is 9.59 Å². The van der Waals surface area contributed by atoms with Gasteiger partial charge in [-0.15, -0.1) is 11.8 Å². The van der Waals surface area contributed by atoms with Crippen molar-refractivity contribution in [2.75, 3.05) is 11.1 Å². The second-order valence-corrected chi connectivity index (χ2v) is 8.45. The lowest BCUT2D eigenvalue weighted by molar-refractivity contribution is 0.102. The second kappa shape index (κ2) is 8.35. The molecular weight excluding hydrogens is 426 g/mol. The van der Waals surface area contributed by atoms with Gasteiger partial charge in [0.1, 0.15) is 0 Å². The number of aryl methyl sites for hydroxylation is 2. The van der Waals surface area contributed by atoms with E-state index in [4.69, 9.17) is 0 Å². The fourth-order valence-corrected chi connectivity index (χ4v) is 4.24. The molecule has 0 spiro atoms. The van der Waals surface area contributed by atoms with Gasteiger partial charge in [-0.3, -0.25) is 13.9 Å². The summed E-state index contributed by atoms with van der Waals surface area (Å²) in [6, 6.07) is 11.1. The number of unbranched alkanes of at least 4 members (excludes halogenated alkanes) is 1. The van der Waals surface area contributed by atoms with Crippen LogP contribution >= 0.6 is 27.7 Å². The first-order valence-corrected chi connectivity index (χ1v) is 10.6. The van der Waals surface area contributed by atoms with Gasteiger partial charge in [0, 0.05) is 29.0 Å². The van der Waals surface area contributed by atoms with Gasteiger partial charge < -0.3 is 5.32 Å². The number of benzene rings is 2. The van der Waals surface area contributed by atoms with Gasteiger partial charge in [-0.2, -0.15) is 0 Å². The highest BCUT2D eigenvalue weighted by atomic mass is 79.9. The molecule has 0 unspecified atom stereocenters. The Hall–Kier alpha value is -1.99. The molecule has 7 heteroatoms. The van der Waals surface area contributed by atoms with Crippen LogP contribution in [0.2, 0.25) is 0 Å². The monoisotopic (exact) mass is 447 g/mol. The highest BCUT2D eigenvalue weighted by Gasteiger charge is 2.15. The zero-order chi connectivity index (χ0) is 19.6. The number of carbonyl (C=O) groups is 1. The molecule has 0 saturated heterocycles. The Kier molecular flexibility index (Phi) is 6.11. The van der Waals surface area contributed by atoms with Gasteiger partial charge >= 0.3 is 5.69 Å². The van der Waals surface area contributed by atoms with Crippen LogP contribution in [0.15, 0.2) is 50.6 Å². The number of carbonyl (C=O) groups excluding carboxylic acids is 1. The Bertz CT molecular complexity index is 1040. The zero-order valence-electron chi connectivity index (χ0n) is 15.6. The Morgan fingerprint density at radius 3 is 2.37 bits per heavy atom. The molecule has 5 nitrogen and oxygen atoms in total. The third-order valence-corrected chi connectivity index (χ3v) is 6.15. The summed E-state index contributed by atoms with van der Waals surface area (Å²) in [6.07, 6.45) is 2.20. The van der Waals surface area contributed by atoms with Crippen LogP contribution in [0.4, 0.5) is 5.69 Å². The summed E-state index contributed by atoms with van der Waals surface area (Å²) < 4.78 is 4.17. The van der Waals surface area contributed by atoms with Crippen LogP contribution in [0, 0.1) is 0 Å². The van der Waals surface area contributed by atoms with Gasteiger partial charge in [0.05, 0.1) is 16.7 Å². The van der Waals surface area contributed by atoms with Gasteiger partial charge in [-0.05, 0) is 48.6 Å². The number of hydrogen-bond donors (Lipinski definition) is 1. The summed E-state index contributed by atoms with van der Waals surface area (Å²) in [6.45, 7) is 2.15. The molecule has 0 saturated carbocycles. The Morgan fingerprint density at radius 1 is 1.11 bits per heavy atom. The molecule has 0 bridgehead atoms. The van der Waals surface area contributed by atoms with Crippen LogP contribution in [0.3, 0.4) is 0 Å². The highest BCUT2D eigenvalue weighted by molar-refractivity contribution is 9.10. The second-order valence-electron chi connectivity index (χ2n) is 6.40. The van der Waals surface area contributed by atoms with Crippen LogP contribution in [-0.4, -0.2) is 20.8 Å². The van der Waals surface area contributed by atoms with Crippen molar-refractivity contribution in [1.29, 1.82) is 0 Å². The minimum Gasteiger partial charge on any atom is -0.321 e. The average molecular weight is 448 g/mol. The Labute approximate surface area is 170 Å². The molecule has 1 N–H and O–H groups in total. The molecule has 1 amide bonds. The minimum atomic E-state index is -0.167. The van der Waals surface area contributed by atoms with Crippen molar-refractivity contribution in [3.05, 3.63) is 56.9 Å². The Morgan fingerprint density at radius 2 is 1.74 bits per heavy atom. The fourth-order valence-electron chi connectivity index (χ4n) is 2.87. The molecule has 3 aromatic rings. The standard InChI is InChI=1S/C20H22BrN3O2S/c1-4-5-10-27-18-12-17-16(23(2)20(26)24(17)3)11-15(18)22-19(25)13-6-8-14(21)9-7-13/h6-9,11-12H,4-5,10H2,1-3H3,(H,22,25). The molecule has 27 heavy (non-hydrogen) atoms. The summed E-state index contributed by atoms with van der Waals surface area (Å²) in [5, 5.41) is 3.02. The van der Waals surface area contributed by atoms with Crippen molar-refractivity contribution in [2.45, 2.75) is 24.7 Å². The molecular formula is C20H22BrN3O2S. The van der Waals surface area contributed by atoms with E-state index >= 15 is 0 Å². The SMILES string of the molecule is CCCCSc1cc2c(cc1NC(=O)c1ccc(Br)cc1)n(C)c(=O)n2C. The lowest BCUT2D eigenvalue weighted by Crippen LogP contribution is -2.19. The number of aromatic nitrogens is 2. The largest absolute Gasteiger partial charge is 0.328 e. The van der Waals surface area contributed by atoms with Crippen molar-refractivity contribution >= 4 is 50.3 Å². The number of halogens is 1. The molecule has 1 aromatic heterocycles. The summed E-state index contributed by atoms with van der Waals surface area (Å²) in [5.41, 5.74) is 2.91. The van der Waals surface area contributed by atoms with Crippen LogP contribution in [0.5, 0.6) is 0 Å². The predicted molar refractivity (Wildman–Crippen MR) is 116 cm³/mol. The first-order chi connectivity index (χ1) is 12.9. The van der Waals surface area contributed by atoms with Crippen LogP contribution < -0.4 is 11.0 Å². The molecule has 142 valence electrons. The zero-order valence-corrected chi connectivity index (χ0v) is 18.0. The van der Waals surface area contributed by atoms with Crippen LogP contribution in [0.25, 0.3) is 11.0 Å². The number of imidazole rings is 1. The molecule has 3 rings (SSSR count). The molecule has 0 fully saturated rings. The maximum atomic E-state index is 12.7. The normalized spacial score (nSPS) is 11.1. The lowest BCUT2D eigenvalue weighted by Gasteiger charge is -2.12. The number of fused-ring (bicyclic) bond motifs is 1. The smallest absolute Gasteiger partial charge is 0.321 e. The van der Waals surface area contributed by atoms with Crippen molar-refractivity contribution < 1.29 is 4.79 Å². The van der Waals surface area contributed by atoms with E-state index < -0.39 is 0 Å². The topological polar surface area (TPSA) is 56.0 Å². The highest BCUT2D eigenvalue weighted by Crippen LogP contribution is 2.32. The summed E-state index contributed by atoms with van der Waals surface area (Å²) in [5.74, 6) is 0.796. The van der Waals surface area contributed by atoms with Crippen molar-refractivity contribution in [2.24, 2.45) is 14.1 Å². The van der Waals surface area contributed by atoms with E-state index in [1.807, 2.05) is 24.3 Å². The van der Waals surface area contributed by atoms with E-state index in [1.54, 1.807) is 47.1 Å². The number of anilines is 1. The number of rotatable bonds is 6. The first-order valence-electron chi connectivity index (χ1n) is 8.81. The molecule has 1 heterocycles. The van der Waals surface area contributed by atoms with Gasteiger partial charge in [0.2, 0.25) is 0 Å². The van der Waals surface area contributed by atoms with Gasteiger partial charge in [-0.1, -0.05) is 29.3 Å². The predicted octanol–water partition coefficient (Wildman–Crippen LogP) is 4.78. The third-order valence-electron chi connectivity index (χ3n) is 4.48. The lowest BCUT2D eigenvalue weighted by atomic mass is 10.2. The average Bonchev–Trinajstić information content (AvgIpc) is 2.86. The van der Waals surface area contributed by atoms with E-state index in [0.717, 1.165) is 44.7 Å². The van der Waals surface area contributed by atoms with E-state index in [0.29, 0.717) is 5.56 Å². The third kappa shape index (κ3) is 4.14. The number of nitrogens with zero attached hydrogens (tertiary/aromatic N) is 2. The number of hydrogen-bond acceptors (Lipinski definition) is 3. The van der Waals surface area contributed by atoms with Crippen molar-refractivity contribution in [3.8, 4) is 0 Å². The van der Waals surface area contributed by atoms with Crippen molar-refractivity contribution in [3.63, 3.8) is 0 Å². The van der Waals surface area contributed by atoms with Crippen LogP contribution in [0.1, 0.15) is 30.1 Å². The van der Waals surface area contributed by atoms with Crippen molar-refractivity contribution in [1.82, 2.24) is 9.13 Å². The molecule has 0 atom stereocenters. The fraction of sp³-hybridized carbons (Fsp3) is 0.300.